The van der Waals surface area contributed by atoms with Gasteiger partial charge in [0, 0.05) is 5.56 Å². The molecule has 1 N–H and O–H groups in total. The van der Waals surface area contributed by atoms with Crippen LogP contribution >= 0.6 is 0 Å². The Labute approximate surface area is 135 Å². The van der Waals surface area contributed by atoms with Crippen LogP contribution in [-0.4, -0.2) is 25.9 Å². The third kappa shape index (κ3) is 4.57. The van der Waals surface area contributed by atoms with Crippen LogP contribution in [0.3, 0.4) is 0 Å². The second kappa shape index (κ2) is 7.98. The Kier molecular flexibility index (Phi) is 5.74. The van der Waals surface area contributed by atoms with Crippen LogP contribution in [-0.2, 0) is 11.2 Å². The van der Waals surface area contributed by atoms with Gasteiger partial charge in [0.25, 0.3) is 5.91 Å². The van der Waals surface area contributed by atoms with E-state index >= 15 is 0 Å². The second-order valence-corrected chi connectivity index (χ2v) is 4.91. The molecule has 0 atom stereocenters. The number of methoxy groups -OCH3 is 1. The lowest BCUT2D eigenvalue weighted by Gasteiger charge is -2.11. The van der Waals surface area contributed by atoms with Gasteiger partial charge in [0.05, 0.1) is 12.8 Å². The average Bonchev–Trinajstić information content (AvgIpc) is 2.60. The Morgan fingerprint density at radius 3 is 2.52 bits per heavy atom. The van der Waals surface area contributed by atoms with Gasteiger partial charge in [0.1, 0.15) is 17.8 Å². The van der Waals surface area contributed by atoms with Gasteiger partial charge in [-0.3, -0.25) is 9.59 Å². The van der Waals surface area contributed by atoms with Gasteiger partial charge < -0.3 is 14.8 Å². The van der Waals surface area contributed by atoms with E-state index < -0.39 is 0 Å². The molecule has 5 nitrogen and oxygen atoms in total. The maximum absolute atomic E-state index is 12.0. The third-order valence-electron chi connectivity index (χ3n) is 3.34. The van der Waals surface area contributed by atoms with E-state index in [2.05, 4.69) is 12.2 Å². The Bertz CT molecular complexity index is 680. The number of carbonyl (C=O) groups is 2. The molecule has 1 amide bonds. The van der Waals surface area contributed by atoms with Crippen molar-refractivity contribution in [2.75, 3.05) is 19.0 Å². The average molecular weight is 313 g/mol. The van der Waals surface area contributed by atoms with Gasteiger partial charge >= 0.3 is 0 Å². The summed E-state index contributed by atoms with van der Waals surface area (Å²) >= 11 is 0. The molecule has 5 heteroatoms. The molecule has 2 aromatic rings. The van der Waals surface area contributed by atoms with Crippen molar-refractivity contribution < 1.29 is 19.1 Å². The van der Waals surface area contributed by atoms with E-state index in [0.717, 1.165) is 6.42 Å². The molecule has 0 spiro atoms. The molecule has 0 bridgehead atoms. The largest absolute Gasteiger partial charge is 0.495 e. The lowest BCUT2D eigenvalue weighted by molar-refractivity contribution is -0.118. The predicted molar refractivity (Wildman–Crippen MR) is 88.3 cm³/mol. The summed E-state index contributed by atoms with van der Waals surface area (Å²) < 4.78 is 10.6. The normalized spacial score (nSPS) is 10.0. The van der Waals surface area contributed by atoms with E-state index in [1.54, 1.807) is 18.2 Å². The molecular formula is C18H19NO4. The summed E-state index contributed by atoms with van der Waals surface area (Å²) in [4.78, 5) is 22.8. The van der Waals surface area contributed by atoms with Crippen LogP contribution in [0.2, 0.25) is 0 Å². The number of amides is 1. The first-order chi connectivity index (χ1) is 11.2. The zero-order valence-corrected chi connectivity index (χ0v) is 13.2. The number of nitrogens with one attached hydrogen (secondary N) is 1. The van der Waals surface area contributed by atoms with Crippen LogP contribution in [0.15, 0.2) is 42.5 Å². The highest BCUT2D eigenvalue weighted by atomic mass is 16.5. The van der Waals surface area contributed by atoms with Crippen LogP contribution in [0.1, 0.15) is 22.8 Å². The highest BCUT2D eigenvalue weighted by Gasteiger charge is 2.09. The Hall–Kier alpha value is -2.82. The Morgan fingerprint density at radius 1 is 1.17 bits per heavy atom. The zero-order valence-electron chi connectivity index (χ0n) is 13.2. The Balaban J connectivity index is 1.97. The number of rotatable bonds is 7. The summed E-state index contributed by atoms with van der Waals surface area (Å²) in [5.41, 5.74) is 2.10. The van der Waals surface area contributed by atoms with Gasteiger partial charge in [-0.1, -0.05) is 19.1 Å². The summed E-state index contributed by atoms with van der Waals surface area (Å²) in [6.45, 7) is 1.95. The minimum Gasteiger partial charge on any atom is -0.495 e. The van der Waals surface area contributed by atoms with E-state index in [-0.39, 0.29) is 12.5 Å². The fraction of sp³-hybridized carbons (Fsp3) is 0.222. The summed E-state index contributed by atoms with van der Waals surface area (Å²) in [5, 5.41) is 2.68. The van der Waals surface area contributed by atoms with Crippen molar-refractivity contribution in [2.45, 2.75) is 13.3 Å². The number of aldehydes is 1. The maximum atomic E-state index is 12.0. The summed E-state index contributed by atoms with van der Waals surface area (Å²) in [7, 11) is 1.50. The van der Waals surface area contributed by atoms with Crippen molar-refractivity contribution in [3.63, 3.8) is 0 Å². The molecule has 2 aromatic carbocycles. The fourth-order valence-electron chi connectivity index (χ4n) is 2.05. The zero-order chi connectivity index (χ0) is 16.7. The maximum Gasteiger partial charge on any atom is 0.262 e. The van der Waals surface area contributed by atoms with E-state index in [4.69, 9.17) is 9.47 Å². The smallest absolute Gasteiger partial charge is 0.262 e. The van der Waals surface area contributed by atoms with E-state index in [1.807, 2.05) is 24.3 Å². The number of aryl methyl sites for hydroxylation is 1. The highest BCUT2D eigenvalue weighted by molar-refractivity contribution is 5.94. The molecule has 0 aromatic heterocycles. The van der Waals surface area contributed by atoms with Crippen molar-refractivity contribution in [1.82, 2.24) is 0 Å². The van der Waals surface area contributed by atoms with Gasteiger partial charge in [0.15, 0.2) is 6.61 Å². The fourth-order valence-corrected chi connectivity index (χ4v) is 2.05. The second-order valence-electron chi connectivity index (χ2n) is 4.91. The van der Waals surface area contributed by atoms with Crippen LogP contribution in [0.4, 0.5) is 5.69 Å². The van der Waals surface area contributed by atoms with Crippen LogP contribution in [0, 0.1) is 0 Å². The van der Waals surface area contributed by atoms with E-state index in [0.29, 0.717) is 29.0 Å². The molecule has 0 aliphatic rings. The molecular weight excluding hydrogens is 294 g/mol. The van der Waals surface area contributed by atoms with Crippen molar-refractivity contribution >= 4 is 17.9 Å². The molecule has 0 aliphatic heterocycles. The van der Waals surface area contributed by atoms with Crippen LogP contribution < -0.4 is 14.8 Å². The first-order valence-corrected chi connectivity index (χ1v) is 7.31. The highest BCUT2D eigenvalue weighted by Crippen LogP contribution is 2.25. The molecule has 0 radical (unpaired) electrons. The van der Waals surface area contributed by atoms with Gasteiger partial charge in [-0.25, -0.2) is 0 Å². The van der Waals surface area contributed by atoms with Gasteiger partial charge in [0.2, 0.25) is 0 Å². The standard InChI is InChI=1S/C18H19NO4/c1-3-13-4-7-15(8-5-13)23-12-18(21)19-16-10-14(11-20)6-9-17(16)22-2/h4-11H,3,12H2,1-2H3,(H,19,21). The number of benzene rings is 2. The number of hydrogen-bond acceptors (Lipinski definition) is 4. The van der Waals surface area contributed by atoms with E-state index in [9.17, 15) is 9.59 Å². The SMILES string of the molecule is CCc1ccc(OCC(=O)Nc2cc(C=O)ccc2OC)cc1. The number of hydrogen-bond donors (Lipinski definition) is 1. The molecule has 0 fully saturated rings. The number of carbonyl (C=O) groups excluding carboxylic acids is 2. The topological polar surface area (TPSA) is 64.6 Å². The monoisotopic (exact) mass is 313 g/mol. The quantitative estimate of drug-likeness (QED) is 0.798. The molecule has 120 valence electrons. The first kappa shape index (κ1) is 16.5. The number of anilines is 1. The number of ether oxygens (including phenoxy) is 2. The lowest BCUT2D eigenvalue weighted by Crippen LogP contribution is -2.20. The van der Waals surface area contributed by atoms with Crippen LogP contribution in [0.5, 0.6) is 11.5 Å². The van der Waals surface area contributed by atoms with E-state index in [1.165, 1.54) is 12.7 Å². The minimum atomic E-state index is -0.328. The minimum absolute atomic E-state index is 0.125. The molecule has 0 aliphatic carbocycles. The van der Waals surface area contributed by atoms with Crippen molar-refractivity contribution in [1.29, 1.82) is 0 Å². The van der Waals surface area contributed by atoms with Crippen LogP contribution in [0.25, 0.3) is 0 Å². The van der Waals surface area contributed by atoms with Crippen molar-refractivity contribution in [3.05, 3.63) is 53.6 Å². The molecule has 2 rings (SSSR count). The van der Waals surface area contributed by atoms with Gasteiger partial charge in [-0.05, 0) is 42.3 Å². The predicted octanol–water partition coefficient (Wildman–Crippen LogP) is 3.09. The van der Waals surface area contributed by atoms with Crippen molar-refractivity contribution in [2.24, 2.45) is 0 Å². The molecule has 0 heterocycles. The summed E-state index contributed by atoms with van der Waals surface area (Å²) in [6, 6.07) is 12.4. The summed E-state index contributed by atoms with van der Waals surface area (Å²) in [6.07, 6.45) is 1.66. The molecule has 0 saturated carbocycles. The van der Waals surface area contributed by atoms with Gasteiger partial charge in [-0.2, -0.15) is 0 Å². The summed E-state index contributed by atoms with van der Waals surface area (Å²) in [5.74, 6) is 0.785. The van der Waals surface area contributed by atoms with Gasteiger partial charge in [-0.15, -0.1) is 0 Å². The molecule has 0 saturated heterocycles. The lowest BCUT2D eigenvalue weighted by atomic mass is 10.2. The third-order valence-corrected chi connectivity index (χ3v) is 3.34. The molecule has 0 unspecified atom stereocenters. The first-order valence-electron chi connectivity index (χ1n) is 7.31. The molecule has 23 heavy (non-hydrogen) atoms. The van der Waals surface area contributed by atoms with Crippen molar-refractivity contribution in [3.8, 4) is 11.5 Å². The Morgan fingerprint density at radius 2 is 1.91 bits per heavy atom.